The van der Waals surface area contributed by atoms with Gasteiger partial charge in [-0.15, -0.1) is 0 Å². The van der Waals surface area contributed by atoms with Gasteiger partial charge in [-0.3, -0.25) is 9.59 Å². The molecule has 0 aromatic heterocycles. The Morgan fingerprint density at radius 2 is 0.909 bits per heavy atom. The van der Waals surface area contributed by atoms with Crippen molar-refractivity contribution in [1.82, 2.24) is 0 Å². The van der Waals surface area contributed by atoms with Crippen molar-refractivity contribution >= 4 is 63.3 Å². The van der Waals surface area contributed by atoms with Crippen molar-refractivity contribution < 1.29 is 14.3 Å². The zero-order valence-electron chi connectivity index (χ0n) is 14.1. The van der Waals surface area contributed by atoms with Crippen LogP contribution in [0.4, 0.5) is 0 Å². The second-order valence-electron chi connectivity index (χ2n) is 5.88. The zero-order chi connectivity index (χ0) is 15.8. The summed E-state index contributed by atoms with van der Waals surface area (Å²) in [5.74, 6) is -0.693. The molecule has 0 aromatic carbocycles. The third-order valence-corrected chi connectivity index (χ3v) is 3.70. The Kier molecular flexibility index (Phi) is 22.5. The number of hydrogen-bond donors (Lipinski definition) is 0. The van der Waals surface area contributed by atoms with E-state index in [4.69, 9.17) is 4.74 Å². The van der Waals surface area contributed by atoms with Crippen molar-refractivity contribution in [2.24, 2.45) is 0 Å². The molecule has 0 bridgehead atoms. The first-order valence-corrected chi connectivity index (χ1v) is 8.94. The molecule has 22 heavy (non-hydrogen) atoms. The molecule has 0 aliphatic carbocycles. The van der Waals surface area contributed by atoms with Crippen LogP contribution in [0.2, 0.25) is 0 Å². The van der Waals surface area contributed by atoms with Crippen molar-refractivity contribution in [2.45, 2.75) is 104 Å². The van der Waals surface area contributed by atoms with Gasteiger partial charge < -0.3 is 4.74 Å². The number of ether oxygens (including phenoxy) is 1. The zero-order valence-corrected chi connectivity index (χ0v) is 14.1. The number of carbonyl (C=O) groups excluding carboxylic acids is 2. The fourth-order valence-electron chi connectivity index (χ4n) is 2.33. The summed E-state index contributed by atoms with van der Waals surface area (Å²) in [4.78, 5) is 22.9. The van der Waals surface area contributed by atoms with Gasteiger partial charge in [-0.2, -0.15) is 0 Å². The Balaban J connectivity index is 0. The van der Waals surface area contributed by atoms with Crippen LogP contribution in [0.25, 0.3) is 0 Å². The van der Waals surface area contributed by atoms with E-state index in [2.05, 4.69) is 13.8 Å². The van der Waals surface area contributed by atoms with Crippen LogP contribution in [-0.2, 0) is 14.3 Å². The number of hydrogen-bond acceptors (Lipinski definition) is 3. The van der Waals surface area contributed by atoms with E-state index in [9.17, 15) is 9.59 Å². The molecule has 0 aliphatic heterocycles. The van der Waals surface area contributed by atoms with E-state index in [1.165, 1.54) is 44.9 Å². The van der Waals surface area contributed by atoms with Crippen LogP contribution in [0, 0.1) is 0 Å². The van der Waals surface area contributed by atoms with Crippen molar-refractivity contribution in [3.05, 3.63) is 0 Å². The Hall–Kier alpha value is 0.776. The Morgan fingerprint density at radius 3 is 1.27 bits per heavy atom. The van der Waals surface area contributed by atoms with Crippen molar-refractivity contribution in [1.29, 1.82) is 0 Å². The average Bonchev–Trinajstić information content (AvgIpc) is 2.46. The van der Waals surface area contributed by atoms with Crippen LogP contribution in [0.3, 0.4) is 0 Å². The van der Waals surface area contributed by atoms with Gasteiger partial charge in [-0.1, -0.05) is 78.1 Å². The summed E-state index contributed by atoms with van der Waals surface area (Å²) in [6, 6.07) is 0. The van der Waals surface area contributed by atoms with Gasteiger partial charge >= 0.3 is 63.3 Å². The number of unbranched alkanes of at least 4 members (excludes halogenated alkanes) is 10. The van der Waals surface area contributed by atoms with E-state index in [1.807, 2.05) is 0 Å². The van der Waals surface area contributed by atoms with Crippen molar-refractivity contribution in [2.75, 3.05) is 0 Å². The average molecular weight is 339 g/mol. The molecule has 0 amide bonds. The second kappa shape index (κ2) is 19.8. The number of rotatable bonds is 14. The van der Waals surface area contributed by atoms with Gasteiger partial charge in [0, 0.05) is 12.8 Å². The van der Waals surface area contributed by atoms with Gasteiger partial charge in [0.2, 0.25) is 0 Å². The Bertz CT molecular complexity index is 267. The maximum atomic E-state index is 11.5. The van der Waals surface area contributed by atoms with E-state index in [0.29, 0.717) is 12.8 Å². The molecule has 0 N–H and O–H groups in total. The Labute approximate surface area is 179 Å². The first-order valence-electron chi connectivity index (χ1n) is 8.94. The standard InChI is InChI=1S/C18H34O3.K.H/c1-3-5-7-9-10-12-14-16-18(20)21-17(19)15-13-11-8-6-4-2;;/h3-16H2,1-2H3;;. The van der Waals surface area contributed by atoms with Gasteiger partial charge in [0.25, 0.3) is 0 Å². The molecule has 0 aromatic rings. The number of esters is 2. The van der Waals surface area contributed by atoms with E-state index in [-0.39, 0.29) is 63.3 Å². The summed E-state index contributed by atoms with van der Waals surface area (Å²) in [7, 11) is 0. The van der Waals surface area contributed by atoms with Crippen LogP contribution in [0.15, 0.2) is 0 Å². The summed E-state index contributed by atoms with van der Waals surface area (Å²) in [6.45, 7) is 4.37. The molecular formula is C18H35KO3. The van der Waals surface area contributed by atoms with E-state index >= 15 is 0 Å². The van der Waals surface area contributed by atoms with Gasteiger partial charge in [0.05, 0.1) is 0 Å². The third-order valence-electron chi connectivity index (χ3n) is 3.70. The summed E-state index contributed by atoms with van der Waals surface area (Å²) < 4.78 is 4.82. The molecule has 0 fully saturated rings. The number of carbonyl (C=O) groups is 2. The first-order chi connectivity index (χ1) is 10.2. The summed E-state index contributed by atoms with van der Waals surface area (Å²) in [6.07, 6.45) is 14.4. The van der Waals surface area contributed by atoms with Crippen molar-refractivity contribution in [3.63, 3.8) is 0 Å². The van der Waals surface area contributed by atoms with Crippen LogP contribution < -0.4 is 0 Å². The summed E-state index contributed by atoms with van der Waals surface area (Å²) >= 11 is 0. The molecule has 0 rings (SSSR count). The van der Waals surface area contributed by atoms with E-state index in [0.717, 1.165) is 32.1 Å². The molecule has 0 saturated heterocycles. The van der Waals surface area contributed by atoms with Crippen molar-refractivity contribution in [3.8, 4) is 0 Å². The van der Waals surface area contributed by atoms with Gasteiger partial charge in [-0.25, -0.2) is 0 Å². The molecule has 0 heterocycles. The second-order valence-corrected chi connectivity index (χ2v) is 5.88. The summed E-state index contributed by atoms with van der Waals surface area (Å²) in [5.41, 5.74) is 0. The van der Waals surface area contributed by atoms with Crippen LogP contribution >= 0.6 is 0 Å². The van der Waals surface area contributed by atoms with E-state index in [1.54, 1.807) is 0 Å². The first kappa shape index (κ1) is 25.0. The van der Waals surface area contributed by atoms with Crippen LogP contribution in [0.5, 0.6) is 0 Å². The molecule has 4 heteroatoms. The van der Waals surface area contributed by atoms with E-state index < -0.39 is 0 Å². The predicted octanol–water partition coefficient (Wildman–Crippen LogP) is 4.91. The van der Waals surface area contributed by atoms with Gasteiger partial charge in [0.1, 0.15) is 0 Å². The fourth-order valence-corrected chi connectivity index (χ4v) is 2.33. The van der Waals surface area contributed by atoms with Gasteiger partial charge in [-0.05, 0) is 12.8 Å². The minimum absolute atomic E-state index is 0. The van der Waals surface area contributed by atoms with Gasteiger partial charge in [0.15, 0.2) is 0 Å². The topological polar surface area (TPSA) is 43.4 Å². The molecule has 0 spiro atoms. The molecule has 0 unspecified atom stereocenters. The molecule has 0 radical (unpaired) electrons. The molecule has 0 saturated carbocycles. The SMILES string of the molecule is CCCCCCCCCC(=O)OC(=O)CCCCCCC.[KH]. The third kappa shape index (κ3) is 18.8. The summed E-state index contributed by atoms with van der Waals surface area (Å²) in [5, 5.41) is 0. The molecule has 0 atom stereocenters. The fraction of sp³-hybridized carbons (Fsp3) is 0.889. The molecule has 3 nitrogen and oxygen atoms in total. The van der Waals surface area contributed by atoms with Crippen LogP contribution in [0.1, 0.15) is 104 Å². The normalized spacial score (nSPS) is 10.1. The quantitative estimate of drug-likeness (QED) is 0.196. The maximum absolute atomic E-state index is 11.5. The Morgan fingerprint density at radius 1 is 0.591 bits per heavy atom. The molecular weight excluding hydrogens is 303 g/mol. The monoisotopic (exact) mass is 338 g/mol. The minimum atomic E-state index is -0.348. The molecule has 126 valence electrons. The molecule has 0 aliphatic rings. The predicted molar refractivity (Wildman–Crippen MR) is 94.2 cm³/mol. The van der Waals surface area contributed by atoms with Crippen LogP contribution in [-0.4, -0.2) is 63.3 Å².